The molecule has 2 aliphatic rings. The number of aromatic nitrogens is 1. The summed E-state index contributed by atoms with van der Waals surface area (Å²) in [5, 5.41) is 1.52. The highest BCUT2D eigenvalue weighted by Crippen LogP contribution is 2.34. The number of amides is 2. The van der Waals surface area contributed by atoms with Gasteiger partial charge in [0.2, 0.25) is 15.9 Å². The maximum Gasteiger partial charge on any atom is 0.283 e. The van der Waals surface area contributed by atoms with Crippen molar-refractivity contribution in [2.24, 2.45) is 0 Å². The van der Waals surface area contributed by atoms with Crippen LogP contribution in [-0.2, 0) is 37.8 Å². The van der Waals surface area contributed by atoms with E-state index in [0.717, 1.165) is 51.2 Å². The van der Waals surface area contributed by atoms with Gasteiger partial charge in [0.15, 0.2) is 5.01 Å². The fraction of sp³-hybridized carbons (Fsp3) is 0.435. The van der Waals surface area contributed by atoms with E-state index in [2.05, 4.69) is 15.3 Å². The van der Waals surface area contributed by atoms with Crippen LogP contribution in [-0.4, -0.2) is 93.3 Å². The van der Waals surface area contributed by atoms with Crippen molar-refractivity contribution >= 4 is 76.2 Å². The summed E-state index contributed by atoms with van der Waals surface area (Å²) in [6, 6.07) is 5.86. The molecule has 4 heterocycles. The first-order chi connectivity index (χ1) is 18.8. The number of halogens is 1. The van der Waals surface area contributed by atoms with Gasteiger partial charge < -0.3 is 9.80 Å². The average molecular weight is 647 g/mol. The standard InChI is InChI=1S/C23H27ClN6O6S4/c1-28-6-5-17-19(13-28)38-22(25-17)23(32)30-8-7-29(12-16(30)11-20(31)26-27-39(2,33)34)40(35,36)21-9-14-3-4-15(24)10-18(14)37-21/h3-4,9-10,16,27H,5-8,11-13H2,1-2H3,(H,26,31). The number of carbonyl (C=O) groups excluding carboxylic acids is 2. The van der Waals surface area contributed by atoms with Crippen molar-refractivity contribution in [3.8, 4) is 0 Å². The molecule has 3 aromatic rings. The molecule has 0 bridgehead atoms. The number of piperazine rings is 1. The van der Waals surface area contributed by atoms with E-state index in [-0.39, 0.29) is 41.2 Å². The molecule has 0 spiro atoms. The summed E-state index contributed by atoms with van der Waals surface area (Å²) in [6.07, 6.45) is 1.29. The highest BCUT2D eigenvalue weighted by atomic mass is 35.5. The van der Waals surface area contributed by atoms with E-state index in [1.54, 1.807) is 24.3 Å². The molecule has 2 amide bonds. The topological polar surface area (TPSA) is 149 Å². The van der Waals surface area contributed by atoms with Gasteiger partial charge in [-0.15, -0.1) is 27.5 Å². The molecule has 17 heteroatoms. The summed E-state index contributed by atoms with van der Waals surface area (Å²) in [5.41, 5.74) is 2.99. The molecule has 40 heavy (non-hydrogen) atoms. The van der Waals surface area contributed by atoms with Crippen LogP contribution in [0, 0.1) is 0 Å². The third-order valence-corrected chi connectivity index (χ3v) is 11.9. The van der Waals surface area contributed by atoms with E-state index >= 15 is 0 Å². The second kappa shape index (κ2) is 11.2. The number of hydrogen-bond donors (Lipinski definition) is 2. The Balaban J connectivity index is 1.40. The highest BCUT2D eigenvalue weighted by molar-refractivity contribution is 7.91. The van der Waals surface area contributed by atoms with Gasteiger partial charge in [-0.2, -0.15) is 4.31 Å². The third kappa shape index (κ3) is 6.33. The maximum absolute atomic E-state index is 13.6. The fourth-order valence-corrected chi connectivity index (χ4v) is 9.42. The zero-order valence-electron chi connectivity index (χ0n) is 21.6. The van der Waals surface area contributed by atoms with Crippen LogP contribution in [0.25, 0.3) is 10.1 Å². The lowest BCUT2D eigenvalue weighted by Gasteiger charge is -2.40. The Bertz CT molecular complexity index is 1690. The Morgan fingerprint density at radius 3 is 2.65 bits per heavy atom. The largest absolute Gasteiger partial charge is 0.330 e. The van der Waals surface area contributed by atoms with Crippen molar-refractivity contribution in [1.82, 2.24) is 29.3 Å². The van der Waals surface area contributed by atoms with Crippen LogP contribution in [0.1, 0.15) is 26.8 Å². The zero-order valence-corrected chi connectivity index (χ0v) is 25.6. The van der Waals surface area contributed by atoms with Gasteiger partial charge in [0, 0.05) is 60.2 Å². The highest BCUT2D eigenvalue weighted by Gasteiger charge is 2.39. The van der Waals surface area contributed by atoms with Crippen molar-refractivity contribution in [1.29, 1.82) is 0 Å². The van der Waals surface area contributed by atoms with Crippen molar-refractivity contribution in [3.63, 3.8) is 0 Å². The number of benzene rings is 1. The van der Waals surface area contributed by atoms with Crippen LogP contribution in [0.2, 0.25) is 5.02 Å². The van der Waals surface area contributed by atoms with Crippen molar-refractivity contribution < 1.29 is 26.4 Å². The lowest BCUT2D eigenvalue weighted by molar-refractivity contribution is -0.122. The second-order valence-corrected chi connectivity index (χ2v) is 16.3. The van der Waals surface area contributed by atoms with E-state index in [1.807, 2.05) is 11.9 Å². The fourth-order valence-electron chi connectivity index (χ4n) is 4.67. The number of hydrogen-bond acceptors (Lipinski definition) is 10. The summed E-state index contributed by atoms with van der Waals surface area (Å²) in [6.45, 7) is 1.44. The van der Waals surface area contributed by atoms with Gasteiger partial charge in [0.05, 0.1) is 18.0 Å². The summed E-state index contributed by atoms with van der Waals surface area (Å²) < 4.78 is 52.3. The zero-order chi connectivity index (χ0) is 28.8. The number of sulfonamides is 2. The number of fused-ring (bicyclic) bond motifs is 2. The lowest BCUT2D eigenvalue weighted by Crippen LogP contribution is -2.58. The minimum Gasteiger partial charge on any atom is -0.330 e. The van der Waals surface area contributed by atoms with E-state index in [9.17, 15) is 26.4 Å². The van der Waals surface area contributed by atoms with Gasteiger partial charge in [-0.05, 0) is 30.6 Å². The molecule has 216 valence electrons. The minimum atomic E-state index is -3.95. The Hall–Kier alpha value is -2.18. The minimum absolute atomic E-state index is 0.0244. The summed E-state index contributed by atoms with van der Waals surface area (Å²) in [5.74, 6) is -1.09. The Labute approximate surface area is 245 Å². The predicted octanol–water partition coefficient (Wildman–Crippen LogP) is 1.48. The van der Waals surface area contributed by atoms with Gasteiger partial charge in [0.1, 0.15) is 4.21 Å². The van der Waals surface area contributed by atoms with Gasteiger partial charge in [0.25, 0.3) is 15.9 Å². The Morgan fingerprint density at radius 1 is 1.12 bits per heavy atom. The summed E-state index contributed by atoms with van der Waals surface area (Å²) >= 11 is 8.47. The summed E-state index contributed by atoms with van der Waals surface area (Å²) in [4.78, 5) is 37.4. The molecule has 0 saturated carbocycles. The smallest absolute Gasteiger partial charge is 0.283 e. The molecule has 5 rings (SSSR count). The lowest BCUT2D eigenvalue weighted by atomic mass is 10.1. The van der Waals surface area contributed by atoms with E-state index in [1.165, 1.54) is 20.5 Å². The molecule has 1 unspecified atom stereocenters. The van der Waals surface area contributed by atoms with E-state index in [4.69, 9.17) is 11.6 Å². The number of rotatable bonds is 7. The van der Waals surface area contributed by atoms with E-state index in [0.29, 0.717) is 11.6 Å². The molecule has 12 nitrogen and oxygen atoms in total. The Kier molecular flexibility index (Phi) is 8.24. The molecule has 0 radical (unpaired) electrons. The molecule has 1 fully saturated rings. The van der Waals surface area contributed by atoms with E-state index < -0.39 is 32.0 Å². The molecular formula is C23H27ClN6O6S4. The van der Waals surface area contributed by atoms with Gasteiger partial charge >= 0.3 is 0 Å². The first kappa shape index (κ1) is 29.3. The van der Waals surface area contributed by atoms with Gasteiger partial charge in [-0.25, -0.2) is 21.8 Å². The normalized spacial score (nSPS) is 19.1. The van der Waals surface area contributed by atoms with Crippen LogP contribution < -0.4 is 10.3 Å². The molecule has 1 atom stereocenters. The first-order valence-electron chi connectivity index (χ1n) is 12.2. The first-order valence-corrected chi connectivity index (χ1v) is 17.6. The monoisotopic (exact) mass is 646 g/mol. The number of thiazole rings is 1. The number of thiophene rings is 1. The molecule has 0 aliphatic carbocycles. The molecule has 2 aromatic heterocycles. The number of hydrazine groups is 1. The van der Waals surface area contributed by atoms with Crippen molar-refractivity contribution in [3.05, 3.63) is 44.9 Å². The third-order valence-electron chi connectivity index (χ3n) is 6.66. The number of nitrogens with one attached hydrogen (secondary N) is 2. The van der Waals surface area contributed by atoms with Crippen LogP contribution in [0.15, 0.2) is 28.5 Å². The molecule has 1 saturated heterocycles. The number of nitrogens with zero attached hydrogens (tertiary/aromatic N) is 4. The quantitative estimate of drug-likeness (QED) is 0.367. The number of likely N-dealkylation sites (N-methyl/N-ethyl adjacent to an activating group) is 1. The van der Waals surface area contributed by atoms with Gasteiger partial charge in [-0.1, -0.05) is 17.7 Å². The van der Waals surface area contributed by atoms with Gasteiger partial charge in [-0.3, -0.25) is 15.0 Å². The molecular weight excluding hydrogens is 620 g/mol. The molecule has 2 aliphatic heterocycles. The van der Waals surface area contributed by atoms with Crippen LogP contribution >= 0.6 is 34.3 Å². The molecule has 2 N–H and O–H groups in total. The molecule has 1 aromatic carbocycles. The number of carbonyl (C=O) groups is 2. The SMILES string of the molecule is CN1CCc2nc(C(=O)N3CCN(S(=O)(=O)c4cc5ccc(Cl)cc5s4)CC3CC(=O)NNS(C)(=O)=O)sc2C1. The average Bonchev–Trinajstić information content (AvgIpc) is 3.50. The van der Waals surface area contributed by atoms with Crippen molar-refractivity contribution in [2.45, 2.75) is 29.6 Å². The van der Waals surface area contributed by atoms with Crippen LogP contribution in [0.5, 0.6) is 0 Å². The second-order valence-electron chi connectivity index (χ2n) is 9.77. The summed E-state index contributed by atoms with van der Waals surface area (Å²) in [7, 11) is -5.67. The maximum atomic E-state index is 13.6. The Morgan fingerprint density at radius 2 is 1.90 bits per heavy atom. The van der Waals surface area contributed by atoms with Crippen molar-refractivity contribution in [2.75, 3.05) is 39.5 Å². The predicted molar refractivity (Wildman–Crippen MR) is 153 cm³/mol. The van der Waals surface area contributed by atoms with Crippen LogP contribution in [0.3, 0.4) is 0 Å². The van der Waals surface area contributed by atoms with Crippen LogP contribution in [0.4, 0.5) is 0 Å².